The van der Waals surface area contributed by atoms with Crippen LogP contribution in [0.25, 0.3) is 5.69 Å². The molecule has 0 radical (unpaired) electrons. The third kappa shape index (κ3) is 5.14. The zero-order valence-electron chi connectivity index (χ0n) is 16.1. The van der Waals surface area contributed by atoms with Gasteiger partial charge in [-0.2, -0.15) is 0 Å². The fourth-order valence-electron chi connectivity index (χ4n) is 2.79. The lowest BCUT2D eigenvalue weighted by atomic mass is 10.1. The number of carbonyl (C=O) groups is 1. The normalized spacial score (nSPS) is 10.5. The van der Waals surface area contributed by atoms with Crippen molar-refractivity contribution in [1.29, 1.82) is 0 Å². The van der Waals surface area contributed by atoms with E-state index < -0.39 is 0 Å². The van der Waals surface area contributed by atoms with Crippen LogP contribution in [0.2, 0.25) is 0 Å². The van der Waals surface area contributed by atoms with Crippen molar-refractivity contribution in [1.82, 2.24) is 4.57 Å². The highest BCUT2D eigenvalue weighted by Gasteiger charge is 2.09. The summed E-state index contributed by atoms with van der Waals surface area (Å²) < 4.78 is 18.0. The lowest BCUT2D eigenvalue weighted by Gasteiger charge is -2.13. The van der Waals surface area contributed by atoms with Crippen LogP contribution in [0.15, 0.2) is 67.0 Å². The van der Waals surface area contributed by atoms with Crippen LogP contribution in [-0.4, -0.2) is 37.9 Å². The van der Waals surface area contributed by atoms with E-state index >= 15 is 0 Å². The summed E-state index contributed by atoms with van der Waals surface area (Å²) in [7, 11) is 3.19. The molecule has 0 spiro atoms. The summed E-state index contributed by atoms with van der Waals surface area (Å²) in [5.41, 5.74) is 2.66. The predicted molar refractivity (Wildman–Crippen MR) is 108 cm³/mol. The molecule has 2 aromatic carbocycles. The molecular formula is C22H24N2O4. The second-order valence-electron chi connectivity index (χ2n) is 6.19. The van der Waals surface area contributed by atoms with E-state index in [1.54, 1.807) is 32.4 Å². The van der Waals surface area contributed by atoms with Gasteiger partial charge >= 0.3 is 0 Å². The third-order valence-corrected chi connectivity index (χ3v) is 4.20. The molecule has 28 heavy (non-hydrogen) atoms. The minimum absolute atomic E-state index is 0.0956. The molecule has 0 aliphatic heterocycles. The lowest BCUT2D eigenvalue weighted by molar-refractivity contribution is -0.115. The van der Waals surface area contributed by atoms with Gasteiger partial charge in [0.05, 0.1) is 20.1 Å². The molecule has 0 aliphatic carbocycles. The van der Waals surface area contributed by atoms with Crippen molar-refractivity contribution in [2.75, 3.05) is 32.8 Å². The topological polar surface area (TPSA) is 61.7 Å². The van der Waals surface area contributed by atoms with Gasteiger partial charge in [0, 0.05) is 36.9 Å². The van der Waals surface area contributed by atoms with E-state index in [1.165, 1.54) is 0 Å². The fourth-order valence-corrected chi connectivity index (χ4v) is 2.79. The van der Waals surface area contributed by atoms with Gasteiger partial charge in [-0.1, -0.05) is 12.1 Å². The first-order chi connectivity index (χ1) is 13.7. The smallest absolute Gasteiger partial charge is 0.228 e. The maximum absolute atomic E-state index is 12.4. The molecule has 0 unspecified atom stereocenters. The molecule has 6 heteroatoms. The van der Waals surface area contributed by atoms with Crippen LogP contribution in [0.3, 0.4) is 0 Å². The molecule has 0 saturated heterocycles. The van der Waals surface area contributed by atoms with Crippen LogP contribution < -0.4 is 14.8 Å². The van der Waals surface area contributed by atoms with Crippen LogP contribution in [-0.2, 0) is 16.0 Å². The quantitative estimate of drug-likeness (QED) is 0.575. The maximum atomic E-state index is 12.4. The molecule has 0 aliphatic rings. The van der Waals surface area contributed by atoms with Crippen LogP contribution in [0.1, 0.15) is 5.56 Å². The first kappa shape index (κ1) is 19.5. The molecule has 1 N–H and O–H groups in total. The standard InChI is InChI=1S/C22H24N2O4/c1-26-13-14-28-21-16-18(7-10-20(21)27-2)23-22(25)15-17-5-8-19(9-6-17)24-11-3-4-12-24/h3-12,16H,13-15H2,1-2H3,(H,23,25). The number of carbonyl (C=O) groups excluding carboxylic acids is 1. The number of anilines is 1. The van der Waals surface area contributed by atoms with Crippen molar-refractivity contribution in [2.45, 2.75) is 6.42 Å². The summed E-state index contributed by atoms with van der Waals surface area (Å²) in [4.78, 5) is 12.4. The number of nitrogens with one attached hydrogen (secondary N) is 1. The Morgan fingerprint density at radius 3 is 2.39 bits per heavy atom. The second-order valence-corrected chi connectivity index (χ2v) is 6.19. The van der Waals surface area contributed by atoms with Gasteiger partial charge in [-0.3, -0.25) is 4.79 Å². The zero-order valence-corrected chi connectivity index (χ0v) is 16.1. The number of methoxy groups -OCH3 is 2. The average molecular weight is 380 g/mol. The van der Waals surface area contributed by atoms with Crippen LogP contribution in [0.5, 0.6) is 11.5 Å². The van der Waals surface area contributed by atoms with Gasteiger partial charge in [-0.15, -0.1) is 0 Å². The van der Waals surface area contributed by atoms with E-state index in [2.05, 4.69) is 5.32 Å². The Bertz CT molecular complexity index is 889. The number of nitrogens with zero attached hydrogens (tertiary/aromatic N) is 1. The first-order valence-electron chi connectivity index (χ1n) is 9.01. The predicted octanol–water partition coefficient (Wildman–Crippen LogP) is 3.69. The van der Waals surface area contributed by atoms with Crippen molar-refractivity contribution < 1.29 is 19.0 Å². The largest absolute Gasteiger partial charge is 0.493 e. The molecule has 1 heterocycles. The second kappa shape index (κ2) is 9.62. The summed E-state index contributed by atoms with van der Waals surface area (Å²) in [6.07, 6.45) is 4.26. The molecule has 0 fully saturated rings. The van der Waals surface area contributed by atoms with Crippen LogP contribution in [0, 0.1) is 0 Å². The summed E-state index contributed by atoms with van der Waals surface area (Å²) >= 11 is 0. The van der Waals surface area contributed by atoms with Crippen molar-refractivity contribution in [2.24, 2.45) is 0 Å². The fraction of sp³-hybridized carbons (Fsp3) is 0.227. The van der Waals surface area contributed by atoms with Crippen molar-refractivity contribution in [3.63, 3.8) is 0 Å². The highest BCUT2D eigenvalue weighted by atomic mass is 16.5. The average Bonchev–Trinajstić information content (AvgIpc) is 3.24. The highest BCUT2D eigenvalue weighted by molar-refractivity contribution is 5.92. The number of benzene rings is 2. The van der Waals surface area contributed by atoms with E-state index in [0.717, 1.165) is 11.3 Å². The van der Waals surface area contributed by atoms with Gasteiger partial charge in [-0.05, 0) is 42.0 Å². The maximum Gasteiger partial charge on any atom is 0.228 e. The summed E-state index contributed by atoms with van der Waals surface area (Å²) in [6.45, 7) is 0.872. The molecule has 6 nitrogen and oxygen atoms in total. The molecule has 1 aromatic heterocycles. The monoisotopic (exact) mass is 380 g/mol. The van der Waals surface area contributed by atoms with Gasteiger partial charge in [0.2, 0.25) is 5.91 Å². The zero-order chi connectivity index (χ0) is 19.8. The Morgan fingerprint density at radius 1 is 0.964 bits per heavy atom. The molecule has 0 bridgehead atoms. The van der Waals surface area contributed by atoms with Crippen molar-refractivity contribution in [3.05, 3.63) is 72.6 Å². The molecular weight excluding hydrogens is 356 g/mol. The summed E-state index contributed by atoms with van der Waals surface area (Å²) in [6, 6.07) is 17.2. The van der Waals surface area contributed by atoms with Crippen molar-refractivity contribution >= 4 is 11.6 Å². The SMILES string of the molecule is COCCOc1cc(NC(=O)Cc2ccc(-n3cccc3)cc2)ccc1OC. The number of hydrogen-bond acceptors (Lipinski definition) is 4. The minimum Gasteiger partial charge on any atom is -0.493 e. The van der Waals surface area contributed by atoms with Gasteiger partial charge in [0.25, 0.3) is 0 Å². The number of amides is 1. The highest BCUT2D eigenvalue weighted by Crippen LogP contribution is 2.30. The van der Waals surface area contributed by atoms with Crippen LogP contribution >= 0.6 is 0 Å². The molecule has 0 atom stereocenters. The summed E-state index contributed by atoms with van der Waals surface area (Å²) in [5, 5.41) is 2.90. The van der Waals surface area contributed by atoms with E-state index in [9.17, 15) is 4.79 Å². The first-order valence-corrected chi connectivity index (χ1v) is 9.01. The number of hydrogen-bond donors (Lipinski definition) is 1. The van der Waals surface area contributed by atoms with E-state index in [0.29, 0.717) is 30.4 Å². The van der Waals surface area contributed by atoms with E-state index in [-0.39, 0.29) is 12.3 Å². The summed E-state index contributed by atoms with van der Waals surface area (Å²) in [5.74, 6) is 1.07. The van der Waals surface area contributed by atoms with Gasteiger partial charge in [-0.25, -0.2) is 0 Å². The van der Waals surface area contributed by atoms with Crippen molar-refractivity contribution in [3.8, 4) is 17.2 Å². The molecule has 146 valence electrons. The van der Waals surface area contributed by atoms with Gasteiger partial charge in [0.15, 0.2) is 11.5 Å². The Hall–Kier alpha value is -3.25. The Kier molecular flexibility index (Phi) is 6.70. The Balaban J connectivity index is 1.61. The number of rotatable bonds is 9. The van der Waals surface area contributed by atoms with E-state index in [1.807, 2.05) is 53.4 Å². The molecule has 0 saturated carbocycles. The van der Waals surface area contributed by atoms with Crippen LogP contribution in [0.4, 0.5) is 5.69 Å². The molecule has 3 rings (SSSR count). The Labute approximate surface area is 164 Å². The molecule has 1 amide bonds. The number of ether oxygens (including phenoxy) is 3. The third-order valence-electron chi connectivity index (χ3n) is 4.20. The lowest BCUT2D eigenvalue weighted by Crippen LogP contribution is -2.14. The van der Waals surface area contributed by atoms with Gasteiger partial charge in [0.1, 0.15) is 6.61 Å². The van der Waals surface area contributed by atoms with Gasteiger partial charge < -0.3 is 24.1 Å². The Morgan fingerprint density at radius 2 is 1.71 bits per heavy atom. The van der Waals surface area contributed by atoms with E-state index in [4.69, 9.17) is 14.2 Å². The molecule has 3 aromatic rings. The number of aromatic nitrogens is 1. The minimum atomic E-state index is -0.0956.